The zero-order valence-corrected chi connectivity index (χ0v) is 16.6. The molecule has 0 bridgehead atoms. The van der Waals surface area contributed by atoms with Crippen LogP contribution in [0.15, 0.2) is 51.9 Å². The van der Waals surface area contributed by atoms with E-state index in [2.05, 4.69) is 0 Å². The molecule has 1 saturated heterocycles. The molecule has 0 saturated carbocycles. The summed E-state index contributed by atoms with van der Waals surface area (Å²) in [5.41, 5.74) is 0.325. The lowest BCUT2D eigenvalue weighted by atomic mass is 9.99. The summed E-state index contributed by atoms with van der Waals surface area (Å²) in [6.45, 7) is -0.615. The largest absolute Gasteiger partial charge is 0.507 e. The minimum absolute atomic E-state index is 0.0160. The van der Waals surface area contributed by atoms with Gasteiger partial charge >= 0.3 is 0 Å². The van der Waals surface area contributed by atoms with Gasteiger partial charge < -0.3 is 39.4 Å². The van der Waals surface area contributed by atoms with Crippen LogP contribution in [0, 0.1) is 0 Å². The van der Waals surface area contributed by atoms with Crippen LogP contribution in [-0.2, 0) is 4.74 Å². The maximum absolute atomic E-state index is 12.9. The third-order valence-electron chi connectivity index (χ3n) is 5.09. The summed E-state index contributed by atoms with van der Waals surface area (Å²) in [6, 6.07) is 8.98. The zero-order chi connectivity index (χ0) is 22.3. The number of aliphatic hydroxyl groups excluding tert-OH is 4. The number of aromatic hydroxyl groups is 1. The second-order valence-electron chi connectivity index (χ2n) is 7.12. The van der Waals surface area contributed by atoms with Gasteiger partial charge in [-0.3, -0.25) is 4.79 Å². The molecule has 3 aromatic rings. The van der Waals surface area contributed by atoms with Crippen molar-refractivity contribution in [1.29, 1.82) is 0 Å². The van der Waals surface area contributed by atoms with Crippen molar-refractivity contribution in [2.24, 2.45) is 0 Å². The number of rotatable bonds is 4. The van der Waals surface area contributed by atoms with Crippen molar-refractivity contribution in [3.05, 3.63) is 57.9 Å². The van der Waals surface area contributed by atoms with E-state index in [9.17, 15) is 30.3 Å². The molecule has 1 fully saturated rings. The summed E-state index contributed by atoms with van der Waals surface area (Å²) in [7, 11) is 0. The lowest BCUT2D eigenvalue weighted by Crippen LogP contribution is -2.60. The van der Waals surface area contributed by atoms with Crippen LogP contribution in [0.4, 0.5) is 0 Å². The van der Waals surface area contributed by atoms with Gasteiger partial charge in [0.2, 0.25) is 11.7 Å². The molecule has 4 rings (SSSR count). The average Bonchev–Trinajstić information content (AvgIpc) is 2.75. The molecule has 0 unspecified atom stereocenters. The SMILES string of the molecule is O=c1c(-c2ccc(Cl)cc2)coc2cc(O[C@@H]3O[C@H](CO)[C@@H](O)[C@H](O)[C@H]3O)cc(O)c12. The minimum Gasteiger partial charge on any atom is -0.507 e. The number of phenols is 1. The maximum Gasteiger partial charge on any atom is 0.229 e. The molecule has 31 heavy (non-hydrogen) atoms. The quantitative estimate of drug-likeness (QED) is 0.392. The molecule has 1 aliphatic rings. The van der Waals surface area contributed by atoms with E-state index in [0.29, 0.717) is 10.6 Å². The van der Waals surface area contributed by atoms with E-state index in [-0.39, 0.29) is 22.3 Å². The molecule has 0 amide bonds. The maximum atomic E-state index is 12.9. The third kappa shape index (κ3) is 3.99. The van der Waals surface area contributed by atoms with Crippen molar-refractivity contribution < 1.29 is 39.4 Å². The summed E-state index contributed by atoms with van der Waals surface area (Å²) in [4.78, 5) is 12.9. The summed E-state index contributed by atoms with van der Waals surface area (Å²) in [5, 5.41) is 50.0. The Morgan fingerprint density at radius 3 is 2.42 bits per heavy atom. The van der Waals surface area contributed by atoms with E-state index >= 15 is 0 Å². The highest BCUT2D eigenvalue weighted by molar-refractivity contribution is 6.30. The van der Waals surface area contributed by atoms with Gasteiger partial charge in [-0.2, -0.15) is 0 Å². The van der Waals surface area contributed by atoms with Crippen LogP contribution in [0.2, 0.25) is 5.02 Å². The van der Waals surface area contributed by atoms with Crippen molar-refractivity contribution in [2.45, 2.75) is 30.7 Å². The molecular weight excluding hydrogens is 432 g/mol. The molecule has 1 aromatic heterocycles. The standard InChI is InChI=1S/C21H19ClO9/c22-10-3-1-9(2-4-10)12-8-29-14-6-11(5-13(24)16(14)17(12)25)30-21-20(28)19(27)18(26)15(7-23)31-21/h1-6,8,15,18-21,23-24,26-28H,7H2/t15-,18-,19+,20-,21-/m1/s1. The average molecular weight is 451 g/mol. The van der Waals surface area contributed by atoms with Crippen LogP contribution in [0.1, 0.15) is 0 Å². The number of halogens is 1. The predicted molar refractivity (Wildman–Crippen MR) is 109 cm³/mol. The van der Waals surface area contributed by atoms with Crippen molar-refractivity contribution in [3.63, 3.8) is 0 Å². The number of hydrogen-bond acceptors (Lipinski definition) is 9. The van der Waals surface area contributed by atoms with Gasteiger partial charge in [0.15, 0.2) is 0 Å². The number of aliphatic hydroxyl groups is 4. The monoisotopic (exact) mass is 450 g/mol. The van der Waals surface area contributed by atoms with Crippen LogP contribution < -0.4 is 10.2 Å². The number of benzene rings is 2. The lowest BCUT2D eigenvalue weighted by Gasteiger charge is -2.39. The molecule has 9 nitrogen and oxygen atoms in total. The zero-order valence-electron chi connectivity index (χ0n) is 15.9. The molecule has 164 valence electrons. The molecule has 10 heteroatoms. The molecule has 2 heterocycles. The van der Waals surface area contributed by atoms with Gasteiger partial charge in [-0.05, 0) is 17.7 Å². The van der Waals surface area contributed by atoms with E-state index in [4.69, 9.17) is 25.5 Å². The first kappa shape index (κ1) is 21.6. The highest BCUT2D eigenvalue weighted by atomic mass is 35.5. The van der Waals surface area contributed by atoms with E-state index in [0.717, 1.165) is 6.07 Å². The van der Waals surface area contributed by atoms with Gasteiger partial charge in [-0.25, -0.2) is 0 Å². The Kier molecular flexibility index (Phi) is 5.89. The van der Waals surface area contributed by atoms with E-state index in [1.54, 1.807) is 24.3 Å². The molecule has 0 aliphatic carbocycles. The Labute approximate surface area is 180 Å². The summed E-state index contributed by atoms with van der Waals surface area (Å²) < 4.78 is 16.3. The van der Waals surface area contributed by atoms with Crippen molar-refractivity contribution in [3.8, 4) is 22.6 Å². The number of phenolic OH excluding ortho intramolecular Hbond substituents is 1. The Morgan fingerprint density at radius 2 is 1.74 bits per heavy atom. The van der Waals surface area contributed by atoms with Crippen LogP contribution in [0.3, 0.4) is 0 Å². The Morgan fingerprint density at radius 1 is 1.03 bits per heavy atom. The van der Waals surface area contributed by atoms with E-state index in [1.165, 1.54) is 12.3 Å². The van der Waals surface area contributed by atoms with E-state index < -0.39 is 48.5 Å². The van der Waals surface area contributed by atoms with Gasteiger partial charge in [-0.1, -0.05) is 23.7 Å². The smallest absolute Gasteiger partial charge is 0.229 e. The van der Waals surface area contributed by atoms with Gasteiger partial charge in [0.25, 0.3) is 0 Å². The molecule has 0 radical (unpaired) electrons. The van der Waals surface area contributed by atoms with Crippen LogP contribution in [-0.4, -0.2) is 62.8 Å². The first-order chi connectivity index (χ1) is 14.8. The second kappa shape index (κ2) is 8.46. The molecule has 2 aromatic carbocycles. The van der Waals surface area contributed by atoms with Crippen LogP contribution in [0.25, 0.3) is 22.1 Å². The van der Waals surface area contributed by atoms with Crippen LogP contribution >= 0.6 is 11.6 Å². The van der Waals surface area contributed by atoms with Crippen LogP contribution in [0.5, 0.6) is 11.5 Å². The van der Waals surface area contributed by atoms with Gasteiger partial charge in [0.05, 0.1) is 12.2 Å². The molecule has 0 spiro atoms. The molecule has 5 N–H and O–H groups in total. The number of ether oxygens (including phenoxy) is 2. The topological polar surface area (TPSA) is 150 Å². The Bertz CT molecular complexity index is 1140. The van der Waals surface area contributed by atoms with Gasteiger partial charge in [0, 0.05) is 17.2 Å². The Balaban J connectivity index is 1.68. The number of hydrogen-bond donors (Lipinski definition) is 5. The fourth-order valence-electron chi connectivity index (χ4n) is 3.40. The number of fused-ring (bicyclic) bond motifs is 1. The van der Waals surface area contributed by atoms with Crippen molar-refractivity contribution >= 4 is 22.6 Å². The first-order valence-corrected chi connectivity index (χ1v) is 9.69. The Hall–Kier alpha value is -2.66. The first-order valence-electron chi connectivity index (χ1n) is 9.31. The van der Waals surface area contributed by atoms with Gasteiger partial charge in [-0.15, -0.1) is 0 Å². The second-order valence-corrected chi connectivity index (χ2v) is 7.55. The fraction of sp³-hybridized carbons (Fsp3) is 0.286. The fourth-order valence-corrected chi connectivity index (χ4v) is 3.53. The van der Waals surface area contributed by atoms with Crippen molar-refractivity contribution in [2.75, 3.05) is 6.61 Å². The summed E-state index contributed by atoms with van der Waals surface area (Å²) >= 11 is 5.88. The third-order valence-corrected chi connectivity index (χ3v) is 5.34. The normalized spacial score (nSPS) is 26.2. The molecule has 1 aliphatic heterocycles. The highest BCUT2D eigenvalue weighted by Crippen LogP contribution is 2.32. The predicted octanol–water partition coefficient (Wildman–Crippen LogP) is 0.998. The van der Waals surface area contributed by atoms with Gasteiger partial charge in [0.1, 0.15) is 53.1 Å². The molecular formula is C21H19ClO9. The summed E-state index contributed by atoms with van der Waals surface area (Å²) in [5.74, 6) is -0.460. The lowest BCUT2D eigenvalue weighted by molar-refractivity contribution is -0.277. The molecule has 5 atom stereocenters. The van der Waals surface area contributed by atoms with E-state index in [1.807, 2.05) is 0 Å². The summed E-state index contributed by atoms with van der Waals surface area (Å²) in [6.07, 6.45) is -6.15. The minimum atomic E-state index is -1.63. The van der Waals surface area contributed by atoms with Crippen molar-refractivity contribution in [1.82, 2.24) is 0 Å². The highest BCUT2D eigenvalue weighted by Gasteiger charge is 2.44.